The molecule has 9 heteroatoms. The maximum absolute atomic E-state index is 11.8. The lowest BCUT2D eigenvalue weighted by molar-refractivity contribution is -0.118. The summed E-state index contributed by atoms with van der Waals surface area (Å²) in [7, 11) is 0. The van der Waals surface area contributed by atoms with Crippen LogP contribution in [-0.2, 0) is 4.79 Å². The van der Waals surface area contributed by atoms with Crippen LogP contribution in [0.1, 0.15) is 13.8 Å². The Morgan fingerprint density at radius 3 is 2.52 bits per heavy atom. The molecule has 0 saturated carbocycles. The number of nitrogens with two attached hydrogens (primary N) is 1. The van der Waals surface area contributed by atoms with Crippen molar-refractivity contribution in [2.45, 2.75) is 19.9 Å². The third kappa shape index (κ3) is 4.96. The zero-order valence-corrected chi connectivity index (χ0v) is 13.3. The molecule has 1 amide bonds. The van der Waals surface area contributed by atoms with E-state index in [1.54, 1.807) is 24.7 Å². The molecular formula is C12H18Cl2N6O. The summed E-state index contributed by atoms with van der Waals surface area (Å²) in [4.78, 5) is 19.8. The van der Waals surface area contributed by atoms with Gasteiger partial charge in [-0.1, -0.05) is 13.8 Å². The van der Waals surface area contributed by atoms with Crippen LogP contribution in [-0.4, -0.2) is 31.7 Å². The van der Waals surface area contributed by atoms with Crippen LogP contribution in [0.2, 0.25) is 0 Å². The van der Waals surface area contributed by atoms with Gasteiger partial charge in [0.2, 0.25) is 5.91 Å². The molecule has 0 spiro atoms. The van der Waals surface area contributed by atoms with Gasteiger partial charge in [-0.05, 0) is 18.1 Å². The zero-order chi connectivity index (χ0) is 13.8. The fourth-order valence-electron chi connectivity index (χ4n) is 1.45. The van der Waals surface area contributed by atoms with E-state index in [-0.39, 0.29) is 36.6 Å². The topological polar surface area (TPSA) is 98.7 Å². The summed E-state index contributed by atoms with van der Waals surface area (Å²) in [5.41, 5.74) is 6.36. The number of amides is 1. The van der Waals surface area contributed by atoms with E-state index in [2.05, 4.69) is 20.4 Å². The van der Waals surface area contributed by atoms with E-state index in [1.807, 2.05) is 13.8 Å². The first kappa shape index (κ1) is 19.3. The molecule has 0 aliphatic rings. The van der Waals surface area contributed by atoms with Crippen molar-refractivity contribution in [1.82, 2.24) is 19.7 Å². The number of carbonyl (C=O) groups excluding carboxylic acids is 1. The molecule has 2 aromatic rings. The highest BCUT2D eigenvalue weighted by molar-refractivity contribution is 5.94. The number of aromatic nitrogens is 4. The summed E-state index contributed by atoms with van der Waals surface area (Å²) < 4.78 is 1.53. The number of anilines is 1. The molecular weight excluding hydrogens is 315 g/mol. The second-order valence-electron chi connectivity index (χ2n) is 4.50. The number of nitrogens with zero attached hydrogens (tertiary/aromatic N) is 4. The van der Waals surface area contributed by atoms with Crippen LogP contribution in [0.25, 0.3) is 5.82 Å². The first-order chi connectivity index (χ1) is 9.08. The van der Waals surface area contributed by atoms with Gasteiger partial charge in [0, 0.05) is 0 Å². The quantitative estimate of drug-likeness (QED) is 0.882. The van der Waals surface area contributed by atoms with Crippen LogP contribution in [0.3, 0.4) is 0 Å². The van der Waals surface area contributed by atoms with Gasteiger partial charge >= 0.3 is 0 Å². The Kier molecular flexibility index (Phi) is 7.86. The molecule has 2 rings (SSSR count). The lowest BCUT2D eigenvalue weighted by Crippen LogP contribution is -2.39. The molecule has 0 fully saturated rings. The van der Waals surface area contributed by atoms with Gasteiger partial charge in [-0.25, -0.2) is 14.6 Å². The number of rotatable bonds is 4. The third-order valence-electron chi connectivity index (χ3n) is 2.69. The average molecular weight is 333 g/mol. The van der Waals surface area contributed by atoms with Gasteiger partial charge in [0.15, 0.2) is 5.82 Å². The molecule has 116 valence electrons. The van der Waals surface area contributed by atoms with E-state index in [0.717, 1.165) is 0 Å². The molecule has 2 heterocycles. The lowest BCUT2D eigenvalue weighted by atomic mass is 10.1. The molecule has 0 radical (unpaired) electrons. The maximum atomic E-state index is 11.8. The van der Waals surface area contributed by atoms with Gasteiger partial charge in [0.05, 0.1) is 17.9 Å². The van der Waals surface area contributed by atoms with Crippen molar-refractivity contribution in [3.63, 3.8) is 0 Å². The summed E-state index contributed by atoms with van der Waals surface area (Å²) in [6.45, 7) is 3.80. The minimum Gasteiger partial charge on any atom is -0.323 e. The van der Waals surface area contributed by atoms with Gasteiger partial charge in [-0.15, -0.1) is 24.8 Å². The Bertz CT molecular complexity index is 543. The molecule has 7 nitrogen and oxygen atoms in total. The van der Waals surface area contributed by atoms with Crippen LogP contribution >= 0.6 is 24.8 Å². The molecule has 0 saturated heterocycles. The second kappa shape index (κ2) is 8.56. The van der Waals surface area contributed by atoms with Crippen molar-refractivity contribution >= 4 is 36.4 Å². The smallest absolute Gasteiger partial charge is 0.241 e. The van der Waals surface area contributed by atoms with Gasteiger partial charge in [0.25, 0.3) is 0 Å². The SMILES string of the molecule is CC(C)[C@H](N)C(=O)Nc1ccc(-n2cncn2)nc1.Cl.Cl. The standard InChI is InChI=1S/C12H16N6O.2ClH/c1-8(2)11(13)12(19)17-9-3-4-10(15-5-9)18-7-14-6-16-18;;/h3-8,11H,13H2,1-2H3,(H,17,19);2*1H/t11-;;/m0../s1. The van der Waals surface area contributed by atoms with Crippen molar-refractivity contribution in [3.8, 4) is 5.82 Å². The Balaban J connectivity index is 0.00000200. The molecule has 1 atom stereocenters. The van der Waals surface area contributed by atoms with Crippen LogP contribution in [0.15, 0.2) is 31.0 Å². The minimum absolute atomic E-state index is 0. The first-order valence-electron chi connectivity index (χ1n) is 5.95. The van der Waals surface area contributed by atoms with E-state index < -0.39 is 6.04 Å². The Morgan fingerprint density at radius 2 is 2.05 bits per heavy atom. The largest absolute Gasteiger partial charge is 0.323 e. The van der Waals surface area contributed by atoms with Crippen molar-refractivity contribution in [1.29, 1.82) is 0 Å². The number of pyridine rings is 1. The molecule has 0 unspecified atom stereocenters. The van der Waals surface area contributed by atoms with E-state index in [4.69, 9.17) is 5.73 Å². The average Bonchev–Trinajstić information content (AvgIpc) is 2.92. The van der Waals surface area contributed by atoms with Crippen LogP contribution in [0.5, 0.6) is 0 Å². The highest BCUT2D eigenvalue weighted by Gasteiger charge is 2.17. The van der Waals surface area contributed by atoms with Crippen molar-refractivity contribution in [3.05, 3.63) is 31.0 Å². The molecule has 2 aromatic heterocycles. The summed E-state index contributed by atoms with van der Waals surface area (Å²) in [6.07, 6.45) is 4.54. The van der Waals surface area contributed by atoms with Gasteiger partial charge in [-0.3, -0.25) is 4.79 Å². The minimum atomic E-state index is -0.532. The van der Waals surface area contributed by atoms with Gasteiger partial charge in [-0.2, -0.15) is 5.10 Å². The van der Waals surface area contributed by atoms with Crippen LogP contribution in [0, 0.1) is 5.92 Å². The van der Waals surface area contributed by atoms with Crippen LogP contribution < -0.4 is 11.1 Å². The molecule has 0 aliphatic carbocycles. The molecule has 0 aromatic carbocycles. The first-order valence-corrected chi connectivity index (χ1v) is 5.95. The molecule has 21 heavy (non-hydrogen) atoms. The fraction of sp³-hybridized carbons (Fsp3) is 0.333. The van der Waals surface area contributed by atoms with Gasteiger partial charge in [0.1, 0.15) is 12.7 Å². The predicted octanol–water partition coefficient (Wildman–Crippen LogP) is 1.43. The van der Waals surface area contributed by atoms with Crippen LogP contribution in [0.4, 0.5) is 5.69 Å². The summed E-state index contributed by atoms with van der Waals surface area (Å²) in [5, 5.41) is 6.69. The number of nitrogens with one attached hydrogen (secondary N) is 1. The molecule has 3 N–H and O–H groups in total. The van der Waals surface area contributed by atoms with Crippen molar-refractivity contribution in [2.24, 2.45) is 11.7 Å². The maximum Gasteiger partial charge on any atom is 0.241 e. The molecule has 0 bridgehead atoms. The Labute approximate surface area is 135 Å². The van der Waals surface area contributed by atoms with Crippen molar-refractivity contribution in [2.75, 3.05) is 5.32 Å². The lowest BCUT2D eigenvalue weighted by Gasteiger charge is -2.15. The summed E-state index contributed by atoms with van der Waals surface area (Å²) >= 11 is 0. The fourth-order valence-corrected chi connectivity index (χ4v) is 1.45. The van der Waals surface area contributed by atoms with E-state index >= 15 is 0 Å². The van der Waals surface area contributed by atoms with Crippen molar-refractivity contribution < 1.29 is 4.79 Å². The highest BCUT2D eigenvalue weighted by Crippen LogP contribution is 2.10. The van der Waals surface area contributed by atoms with E-state index in [1.165, 1.54) is 11.0 Å². The number of carbonyl (C=O) groups is 1. The second-order valence-corrected chi connectivity index (χ2v) is 4.50. The summed E-state index contributed by atoms with van der Waals surface area (Å²) in [6, 6.07) is 2.95. The summed E-state index contributed by atoms with van der Waals surface area (Å²) in [5.74, 6) is 0.497. The Morgan fingerprint density at radius 1 is 1.33 bits per heavy atom. The Hall–Kier alpha value is -1.70. The zero-order valence-electron chi connectivity index (χ0n) is 11.6. The van der Waals surface area contributed by atoms with E-state index in [0.29, 0.717) is 11.5 Å². The number of hydrogen-bond acceptors (Lipinski definition) is 5. The predicted molar refractivity (Wildman–Crippen MR) is 85.1 cm³/mol. The number of halogens is 2. The molecule has 0 aliphatic heterocycles. The normalized spacial score (nSPS) is 11.2. The number of hydrogen-bond donors (Lipinski definition) is 2. The van der Waals surface area contributed by atoms with Gasteiger partial charge < -0.3 is 11.1 Å². The third-order valence-corrected chi connectivity index (χ3v) is 2.69. The highest BCUT2D eigenvalue weighted by atomic mass is 35.5. The monoisotopic (exact) mass is 332 g/mol. The van der Waals surface area contributed by atoms with E-state index in [9.17, 15) is 4.79 Å².